The van der Waals surface area contributed by atoms with E-state index in [0.29, 0.717) is 36.6 Å². The van der Waals surface area contributed by atoms with E-state index in [0.717, 1.165) is 24.9 Å². The Labute approximate surface area is 156 Å². The van der Waals surface area contributed by atoms with Crippen LogP contribution < -0.4 is 10.2 Å². The van der Waals surface area contributed by atoms with Crippen LogP contribution in [0.2, 0.25) is 0 Å². The second kappa shape index (κ2) is 8.09. The van der Waals surface area contributed by atoms with Crippen LogP contribution in [0.5, 0.6) is 0 Å². The summed E-state index contributed by atoms with van der Waals surface area (Å²) in [5.41, 5.74) is 0.795. The molecule has 27 heavy (non-hydrogen) atoms. The van der Waals surface area contributed by atoms with E-state index in [1.165, 1.54) is 0 Å². The Hall–Kier alpha value is -3.07. The summed E-state index contributed by atoms with van der Waals surface area (Å²) in [6.45, 7) is 2.09. The van der Waals surface area contributed by atoms with Crippen molar-refractivity contribution in [3.8, 4) is 11.4 Å². The molecule has 9 heteroatoms. The number of hydrogen-bond acceptors (Lipinski definition) is 9. The third kappa shape index (κ3) is 3.72. The zero-order valence-electron chi connectivity index (χ0n) is 15.1. The summed E-state index contributed by atoms with van der Waals surface area (Å²) in [6, 6.07) is 5.56. The van der Waals surface area contributed by atoms with Gasteiger partial charge in [0, 0.05) is 38.8 Å². The molecule has 4 rings (SSSR count). The molecule has 0 radical (unpaired) electrons. The predicted octanol–water partition coefficient (Wildman–Crippen LogP) is 2.32. The van der Waals surface area contributed by atoms with E-state index < -0.39 is 0 Å². The molecule has 1 fully saturated rings. The van der Waals surface area contributed by atoms with Crippen molar-refractivity contribution in [2.45, 2.75) is 18.9 Å². The summed E-state index contributed by atoms with van der Waals surface area (Å²) in [5.74, 6) is 2.47. The quantitative estimate of drug-likeness (QED) is 0.630. The molecule has 0 amide bonds. The van der Waals surface area contributed by atoms with E-state index in [-0.39, 0.29) is 6.04 Å². The van der Waals surface area contributed by atoms with Crippen molar-refractivity contribution < 1.29 is 9.26 Å². The molecule has 140 valence electrons. The van der Waals surface area contributed by atoms with Crippen LogP contribution in [0, 0.1) is 0 Å². The first-order valence-electron chi connectivity index (χ1n) is 8.92. The van der Waals surface area contributed by atoms with Gasteiger partial charge in [-0.2, -0.15) is 4.98 Å². The SMILES string of the molecule is COCCNc1ncccc1-c1noc(C2CCCN2c2ncccn2)n1. The lowest BCUT2D eigenvalue weighted by Crippen LogP contribution is -2.24. The van der Waals surface area contributed by atoms with Gasteiger partial charge in [-0.3, -0.25) is 0 Å². The highest BCUT2D eigenvalue weighted by atomic mass is 16.5. The van der Waals surface area contributed by atoms with Crippen LogP contribution in [0.4, 0.5) is 11.8 Å². The lowest BCUT2D eigenvalue weighted by Gasteiger charge is -2.21. The average molecular weight is 367 g/mol. The molecule has 0 saturated carbocycles. The summed E-state index contributed by atoms with van der Waals surface area (Å²) < 4.78 is 10.7. The molecular weight excluding hydrogens is 346 g/mol. The largest absolute Gasteiger partial charge is 0.383 e. The number of nitrogens with zero attached hydrogens (tertiary/aromatic N) is 6. The Morgan fingerprint density at radius 1 is 1.22 bits per heavy atom. The van der Waals surface area contributed by atoms with Gasteiger partial charge in [0.2, 0.25) is 17.7 Å². The molecule has 1 aliphatic rings. The number of aromatic nitrogens is 5. The smallest absolute Gasteiger partial charge is 0.249 e. The average Bonchev–Trinajstić information content (AvgIpc) is 3.39. The lowest BCUT2D eigenvalue weighted by atomic mass is 10.2. The van der Waals surface area contributed by atoms with Crippen molar-refractivity contribution in [1.82, 2.24) is 25.1 Å². The Bertz CT molecular complexity index is 871. The van der Waals surface area contributed by atoms with Gasteiger partial charge in [-0.1, -0.05) is 5.16 Å². The third-order valence-electron chi connectivity index (χ3n) is 4.44. The molecule has 1 saturated heterocycles. The van der Waals surface area contributed by atoms with E-state index in [1.807, 2.05) is 12.1 Å². The minimum atomic E-state index is -0.0183. The van der Waals surface area contributed by atoms with Crippen molar-refractivity contribution in [2.75, 3.05) is 37.0 Å². The molecular formula is C18H21N7O2. The van der Waals surface area contributed by atoms with Crippen LogP contribution >= 0.6 is 0 Å². The molecule has 4 heterocycles. The summed E-state index contributed by atoms with van der Waals surface area (Å²) in [6.07, 6.45) is 7.16. The monoisotopic (exact) mass is 367 g/mol. The van der Waals surface area contributed by atoms with E-state index >= 15 is 0 Å². The standard InChI is InChI=1S/C18H21N7O2/c1-26-12-10-20-15-13(5-2-7-19-15)16-23-17(27-24-16)14-6-3-11-25(14)18-21-8-4-9-22-18/h2,4-5,7-9,14H,3,6,10-12H2,1H3,(H,19,20). The third-order valence-corrected chi connectivity index (χ3v) is 4.44. The normalized spacial score (nSPS) is 16.6. The first kappa shape index (κ1) is 17.3. The maximum atomic E-state index is 5.60. The summed E-state index contributed by atoms with van der Waals surface area (Å²) >= 11 is 0. The summed E-state index contributed by atoms with van der Waals surface area (Å²) in [4.78, 5) is 19.8. The first-order valence-corrected chi connectivity index (χ1v) is 8.92. The van der Waals surface area contributed by atoms with Gasteiger partial charge in [0.25, 0.3) is 0 Å². The second-order valence-electron chi connectivity index (χ2n) is 6.18. The van der Waals surface area contributed by atoms with Crippen molar-refractivity contribution in [2.24, 2.45) is 0 Å². The van der Waals surface area contributed by atoms with Crippen LogP contribution in [0.25, 0.3) is 11.4 Å². The zero-order chi connectivity index (χ0) is 18.5. The van der Waals surface area contributed by atoms with Gasteiger partial charge in [0.05, 0.1) is 12.2 Å². The van der Waals surface area contributed by atoms with Crippen molar-refractivity contribution in [3.63, 3.8) is 0 Å². The van der Waals surface area contributed by atoms with Crippen LogP contribution in [0.3, 0.4) is 0 Å². The summed E-state index contributed by atoms with van der Waals surface area (Å²) in [5, 5.41) is 7.42. The molecule has 0 aliphatic carbocycles. The molecule has 3 aromatic rings. The number of ether oxygens (including phenoxy) is 1. The highest BCUT2D eigenvalue weighted by Gasteiger charge is 2.32. The van der Waals surface area contributed by atoms with Crippen molar-refractivity contribution in [1.29, 1.82) is 0 Å². The Kier molecular flexibility index (Phi) is 5.20. The fourth-order valence-corrected chi connectivity index (χ4v) is 3.18. The maximum absolute atomic E-state index is 5.60. The zero-order valence-corrected chi connectivity index (χ0v) is 15.1. The van der Waals surface area contributed by atoms with Crippen LogP contribution in [0.1, 0.15) is 24.8 Å². The molecule has 0 aromatic carbocycles. The number of hydrogen-bond donors (Lipinski definition) is 1. The van der Waals surface area contributed by atoms with Gasteiger partial charge in [-0.25, -0.2) is 15.0 Å². The number of pyridine rings is 1. The van der Waals surface area contributed by atoms with E-state index in [1.54, 1.807) is 31.8 Å². The van der Waals surface area contributed by atoms with Gasteiger partial charge in [-0.05, 0) is 31.0 Å². The topological polar surface area (TPSA) is 102 Å². The van der Waals surface area contributed by atoms with Crippen LogP contribution in [0.15, 0.2) is 41.3 Å². The Balaban J connectivity index is 1.57. The molecule has 0 bridgehead atoms. The van der Waals surface area contributed by atoms with Crippen LogP contribution in [-0.4, -0.2) is 51.9 Å². The number of rotatable bonds is 7. The highest BCUT2D eigenvalue weighted by Crippen LogP contribution is 2.34. The number of methoxy groups -OCH3 is 1. The van der Waals surface area contributed by atoms with Gasteiger partial charge in [-0.15, -0.1) is 0 Å². The summed E-state index contributed by atoms with van der Waals surface area (Å²) in [7, 11) is 1.66. The molecule has 3 aromatic heterocycles. The van der Waals surface area contributed by atoms with E-state index in [9.17, 15) is 0 Å². The second-order valence-corrected chi connectivity index (χ2v) is 6.18. The lowest BCUT2D eigenvalue weighted by molar-refractivity contribution is 0.210. The fourth-order valence-electron chi connectivity index (χ4n) is 3.18. The van der Waals surface area contributed by atoms with Gasteiger partial charge in [0.1, 0.15) is 11.9 Å². The van der Waals surface area contributed by atoms with E-state index in [4.69, 9.17) is 9.26 Å². The van der Waals surface area contributed by atoms with Crippen LogP contribution in [-0.2, 0) is 4.74 Å². The van der Waals surface area contributed by atoms with E-state index in [2.05, 4.69) is 35.3 Å². The maximum Gasteiger partial charge on any atom is 0.249 e. The molecule has 0 spiro atoms. The molecule has 1 N–H and O–H groups in total. The Morgan fingerprint density at radius 2 is 2.07 bits per heavy atom. The van der Waals surface area contributed by atoms with Crippen molar-refractivity contribution >= 4 is 11.8 Å². The first-order chi connectivity index (χ1) is 13.4. The number of anilines is 2. The number of nitrogens with one attached hydrogen (secondary N) is 1. The minimum Gasteiger partial charge on any atom is -0.383 e. The van der Waals surface area contributed by atoms with Crippen molar-refractivity contribution in [3.05, 3.63) is 42.7 Å². The predicted molar refractivity (Wildman–Crippen MR) is 99.2 cm³/mol. The Morgan fingerprint density at radius 3 is 2.93 bits per heavy atom. The fraction of sp³-hybridized carbons (Fsp3) is 0.389. The van der Waals surface area contributed by atoms with Gasteiger partial charge in [0.15, 0.2) is 0 Å². The van der Waals surface area contributed by atoms with Gasteiger partial charge >= 0.3 is 0 Å². The molecule has 1 aliphatic heterocycles. The molecule has 1 unspecified atom stereocenters. The highest BCUT2D eigenvalue weighted by molar-refractivity contribution is 5.69. The van der Waals surface area contributed by atoms with Gasteiger partial charge < -0.3 is 19.5 Å². The minimum absolute atomic E-state index is 0.0183. The molecule has 1 atom stereocenters. The molecule has 9 nitrogen and oxygen atoms in total.